The average Bonchev–Trinajstić information content (AvgIpc) is 3.21. The molecular weight excluding hydrogens is 262 g/mol. The highest BCUT2D eigenvalue weighted by atomic mass is 16.6. The third-order valence-corrected chi connectivity index (χ3v) is 3.25. The van der Waals surface area contributed by atoms with Gasteiger partial charge < -0.3 is 10.4 Å². The van der Waals surface area contributed by atoms with Crippen LogP contribution in [0, 0.1) is 27.4 Å². The second-order valence-corrected chi connectivity index (χ2v) is 4.79. The van der Waals surface area contributed by atoms with Gasteiger partial charge in [0.2, 0.25) is 0 Å². The number of carboxylic acids is 1. The van der Waals surface area contributed by atoms with Gasteiger partial charge in [0.25, 0.3) is 5.69 Å². The van der Waals surface area contributed by atoms with Crippen molar-refractivity contribution >= 4 is 17.3 Å². The number of nitro benzene ring substituents is 1. The van der Waals surface area contributed by atoms with Gasteiger partial charge in [-0.05, 0) is 30.9 Å². The van der Waals surface area contributed by atoms with E-state index < -0.39 is 10.9 Å². The Morgan fingerprint density at radius 3 is 2.80 bits per heavy atom. The van der Waals surface area contributed by atoms with E-state index in [0.717, 1.165) is 12.8 Å². The first-order valence-electron chi connectivity index (χ1n) is 6.18. The summed E-state index contributed by atoms with van der Waals surface area (Å²) in [6, 6.07) is 5.64. The molecule has 7 heteroatoms. The first kappa shape index (κ1) is 13.8. The van der Waals surface area contributed by atoms with Crippen molar-refractivity contribution in [1.82, 2.24) is 0 Å². The molecule has 2 N–H and O–H groups in total. The van der Waals surface area contributed by atoms with Crippen molar-refractivity contribution in [2.24, 2.45) is 5.92 Å². The van der Waals surface area contributed by atoms with Crippen molar-refractivity contribution in [2.75, 3.05) is 5.32 Å². The highest BCUT2D eigenvalue weighted by Gasteiger charge is 2.33. The summed E-state index contributed by atoms with van der Waals surface area (Å²) >= 11 is 0. The molecule has 1 saturated carbocycles. The number of carboxylic acid groups (broad SMARTS) is 1. The van der Waals surface area contributed by atoms with E-state index in [4.69, 9.17) is 10.4 Å². The number of aliphatic carboxylic acids is 1. The van der Waals surface area contributed by atoms with Gasteiger partial charge in [-0.25, -0.2) is 0 Å². The molecule has 0 spiro atoms. The summed E-state index contributed by atoms with van der Waals surface area (Å²) in [5.41, 5.74) is 0.246. The molecule has 0 aromatic heterocycles. The Kier molecular flexibility index (Phi) is 3.84. The second-order valence-electron chi connectivity index (χ2n) is 4.79. The van der Waals surface area contributed by atoms with E-state index in [1.54, 1.807) is 0 Å². The number of anilines is 1. The summed E-state index contributed by atoms with van der Waals surface area (Å²) < 4.78 is 0. The average molecular weight is 275 g/mol. The van der Waals surface area contributed by atoms with Crippen molar-refractivity contribution in [2.45, 2.75) is 25.3 Å². The summed E-state index contributed by atoms with van der Waals surface area (Å²) in [5.74, 6) is -0.702. The van der Waals surface area contributed by atoms with Gasteiger partial charge in [-0.3, -0.25) is 14.9 Å². The summed E-state index contributed by atoms with van der Waals surface area (Å²) in [6.45, 7) is 0. The molecule has 0 radical (unpaired) electrons. The first-order valence-corrected chi connectivity index (χ1v) is 6.18. The van der Waals surface area contributed by atoms with Crippen LogP contribution in [-0.2, 0) is 4.79 Å². The van der Waals surface area contributed by atoms with Crippen LogP contribution in [0.4, 0.5) is 11.4 Å². The Morgan fingerprint density at radius 1 is 1.60 bits per heavy atom. The Balaban J connectivity index is 2.25. The van der Waals surface area contributed by atoms with Crippen molar-refractivity contribution in [1.29, 1.82) is 5.26 Å². The van der Waals surface area contributed by atoms with Crippen LogP contribution in [-0.4, -0.2) is 22.0 Å². The highest BCUT2D eigenvalue weighted by Crippen LogP contribution is 2.37. The van der Waals surface area contributed by atoms with E-state index >= 15 is 0 Å². The van der Waals surface area contributed by atoms with Crippen LogP contribution in [0.5, 0.6) is 0 Å². The number of hydrogen-bond acceptors (Lipinski definition) is 5. The largest absolute Gasteiger partial charge is 0.481 e. The zero-order chi connectivity index (χ0) is 14.7. The molecule has 1 aromatic carbocycles. The number of hydrogen-bond donors (Lipinski definition) is 2. The van der Waals surface area contributed by atoms with Crippen LogP contribution in [0.25, 0.3) is 0 Å². The molecule has 1 atom stereocenters. The fourth-order valence-corrected chi connectivity index (χ4v) is 2.10. The standard InChI is InChI=1S/C13H13N3O4/c14-7-8-1-4-10(12(5-8)16(19)20)15-11(6-13(17)18)9-2-3-9/h1,4-5,9,11,15H,2-3,6H2,(H,17,18). The highest BCUT2D eigenvalue weighted by molar-refractivity contribution is 5.70. The molecule has 1 aliphatic rings. The molecule has 0 aliphatic heterocycles. The van der Waals surface area contributed by atoms with Gasteiger partial charge in [-0.2, -0.15) is 5.26 Å². The molecule has 0 saturated heterocycles. The fraction of sp³-hybridized carbons (Fsp3) is 0.385. The zero-order valence-electron chi connectivity index (χ0n) is 10.6. The number of nitriles is 1. The van der Waals surface area contributed by atoms with Crippen molar-refractivity contribution in [3.63, 3.8) is 0 Å². The van der Waals surface area contributed by atoms with Gasteiger partial charge in [-0.1, -0.05) is 0 Å². The molecule has 0 heterocycles. The van der Waals surface area contributed by atoms with E-state index in [1.807, 2.05) is 6.07 Å². The van der Waals surface area contributed by atoms with E-state index in [-0.39, 0.29) is 35.3 Å². The maximum Gasteiger partial charge on any atom is 0.305 e. The van der Waals surface area contributed by atoms with Crippen LogP contribution >= 0.6 is 0 Å². The molecule has 1 unspecified atom stereocenters. The van der Waals surface area contributed by atoms with Gasteiger partial charge >= 0.3 is 5.97 Å². The zero-order valence-corrected chi connectivity index (χ0v) is 10.6. The van der Waals surface area contributed by atoms with Crippen LogP contribution in [0.15, 0.2) is 18.2 Å². The minimum absolute atomic E-state index is 0.0815. The minimum atomic E-state index is -0.939. The van der Waals surface area contributed by atoms with Crippen molar-refractivity contribution in [3.8, 4) is 6.07 Å². The molecule has 104 valence electrons. The lowest BCUT2D eigenvalue weighted by Crippen LogP contribution is -2.25. The van der Waals surface area contributed by atoms with Crippen LogP contribution in [0.2, 0.25) is 0 Å². The first-order chi connectivity index (χ1) is 9.51. The molecule has 1 aromatic rings. The fourth-order valence-electron chi connectivity index (χ4n) is 2.10. The second kappa shape index (κ2) is 5.57. The summed E-state index contributed by atoms with van der Waals surface area (Å²) in [6.07, 6.45) is 1.77. The number of rotatable bonds is 6. The topological polar surface area (TPSA) is 116 Å². The maximum absolute atomic E-state index is 11.0. The maximum atomic E-state index is 11.0. The molecule has 1 fully saturated rings. The van der Waals surface area contributed by atoms with Gasteiger partial charge in [0.05, 0.1) is 23.0 Å². The summed E-state index contributed by atoms with van der Waals surface area (Å²) in [4.78, 5) is 21.3. The molecule has 0 amide bonds. The Morgan fingerprint density at radius 2 is 2.30 bits per heavy atom. The summed E-state index contributed by atoms with van der Waals surface area (Å²) in [7, 11) is 0. The van der Waals surface area contributed by atoms with Gasteiger partial charge in [-0.15, -0.1) is 0 Å². The third-order valence-electron chi connectivity index (χ3n) is 3.25. The molecule has 2 rings (SSSR count). The Bertz CT molecular complexity index is 590. The van der Waals surface area contributed by atoms with E-state index in [0.29, 0.717) is 0 Å². The number of benzene rings is 1. The quantitative estimate of drug-likeness (QED) is 0.606. The SMILES string of the molecule is N#Cc1ccc(NC(CC(=O)O)C2CC2)c([N+](=O)[O-])c1. The van der Waals surface area contributed by atoms with E-state index in [1.165, 1.54) is 18.2 Å². The van der Waals surface area contributed by atoms with Crippen molar-refractivity contribution in [3.05, 3.63) is 33.9 Å². The number of carbonyl (C=O) groups is 1. The lowest BCUT2D eigenvalue weighted by molar-refractivity contribution is -0.384. The van der Waals surface area contributed by atoms with E-state index in [9.17, 15) is 14.9 Å². The Hall–Kier alpha value is -2.62. The molecular formula is C13H13N3O4. The summed E-state index contributed by atoms with van der Waals surface area (Å²) in [5, 5.41) is 31.6. The van der Waals surface area contributed by atoms with Crippen LogP contribution in [0.3, 0.4) is 0 Å². The lowest BCUT2D eigenvalue weighted by Gasteiger charge is -2.17. The van der Waals surface area contributed by atoms with Crippen LogP contribution < -0.4 is 5.32 Å². The Labute approximate surface area is 115 Å². The van der Waals surface area contributed by atoms with Gasteiger partial charge in [0.15, 0.2) is 0 Å². The van der Waals surface area contributed by atoms with Crippen molar-refractivity contribution < 1.29 is 14.8 Å². The molecule has 20 heavy (non-hydrogen) atoms. The number of nitrogens with zero attached hydrogens (tertiary/aromatic N) is 2. The molecule has 0 bridgehead atoms. The number of nitrogens with one attached hydrogen (secondary N) is 1. The van der Waals surface area contributed by atoms with Gasteiger partial charge in [0.1, 0.15) is 5.69 Å². The van der Waals surface area contributed by atoms with E-state index in [2.05, 4.69) is 5.32 Å². The smallest absolute Gasteiger partial charge is 0.305 e. The number of nitro groups is 1. The third kappa shape index (κ3) is 3.23. The predicted octanol–water partition coefficient (Wildman–Crippen LogP) is 2.13. The monoisotopic (exact) mass is 275 g/mol. The van der Waals surface area contributed by atoms with Crippen LogP contribution in [0.1, 0.15) is 24.8 Å². The lowest BCUT2D eigenvalue weighted by atomic mass is 10.1. The molecule has 1 aliphatic carbocycles. The predicted molar refractivity (Wildman–Crippen MR) is 70.2 cm³/mol. The minimum Gasteiger partial charge on any atom is -0.481 e. The van der Waals surface area contributed by atoms with Gasteiger partial charge in [0, 0.05) is 12.1 Å². The normalized spacial score (nSPS) is 15.2. The molecule has 7 nitrogen and oxygen atoms in total.